The molecule has 3 heterocycles. The number of aromatic nitrogens is 2. The predicted molar refractivity (Wildman–Crippen MR) is 100 cm³/mol. The van der Waals surface area contributed by atoms with Gasteiger partial charge in [-0.1, -0.05) is 11.6 Å². The van der Waals surface area contributed by atoms with Crippen LogP contribution in [0, 0.1) is 13.8 Å². The van der Waals surface area contributed by atoms with Gasteiger partial charge in [0.05, 0.1) is 29.3 Å². The highest BCUT2D eigenvalue weighted by Gasteiger charge is 2.23. The zero-order valence-electron chi connectivity index (χ0n) is 15.0. The van der Waals surface area contributed by atoms with Gasteiger partial charge in [0.25, 0.3) is 5.91 Å². The van der Waals surface area contributed by atoms with E-state index in [4.69, 9.17) is 20.8 Å². The maximum Gasteiger partial charge on any atom is 0.339 e. The molecule has 0 aliphatic carbocycles. The Hall–Kier alpha value is -2.80. The molecule has 27 heavy (non-hydrogen) atoms. The summed E-state index contributed by atoms with van der Waals surface area (Å²) in [7, 11) is 0. The summed E-state index contributed by atoms with van der Waals surface area (Å²) < 4.78 is 10.9. The van der Waals surface area contributed by atoms with Crippen LogP contribution in [-0.4, -0.2) is 33.9 Å². The van der Waals surface area contributed by atoms with Crippen molar-refractivity contribution >= 4 is 28.5 Å². The molecule has 0 unspecified atom stereocenters. The Labute approximate surface area is 159 Å². The summed E-state index contributed by atoms with van der Waals surface area (Å²) in [6.45, 7) is 4.48. The number of hydrogen-bond donors (Lipinski definition) is 1. The fourth-order valence-corrected chi connectivity index (χ4v) is 3.43. The van der Waals surface area contributed by atoms with E-state index in [1.54, 1.807) is 30.3 Å². The summed E-state index contributed by atoms with van der Waals surface area (Å²) in [6, 6.07) is 3.25. The number of aryl methyl sites for hydroxylation is 1. The highest BCUT2D eigenvalue weighted by molar-refractivity contribution is 6.32. The fraction of sp³-hybridized carbons (Fsp3) is 0.316. The van der Waals surface area contributed by atoms with Gasteiger partial charge in [0, 0.05) is 30.0 Å². The molecule has 140 valence electrons. The Morgan fingerprint density at radius 2 is 2.19 bits per heavy atom. The van der Waals surface area contributed by atoms with Gasteiger partial charge in [0.2, 0.25) is 0 Å². The molecule has 0 spiro atoms. The van der Waals surface area contributed by atoms with Crippen molar-refractivity contribution in [3.05, 3.63) is 56.4 Å². The molecule has 1 aliphatic rings. The molecule has 1 amide bonds. The number of carbonyl (C=O) groups is 1. The molecule has 4 rings (SSSR count). The molecule has 8 heteroatoms. The lowest BCUT2D eigenvalue weighted by atomic mass is 10.1. The average molecular weight is 388 g/mol. The third kappa shape index (κ3) is 3.19. The number of hydrogen-bond acceptors (Lipinski definition) is 5. The number of amides is 1. The molecule has 0 radical (unpaired) electrons. The number of fused-ring (bicyclic) bond motifs is 2. The number of aromatic amines is 1. The Morgan fingerprint density at radius 1 is 1.37 bits per heavy atom. The molecule has 2 aromatic heterocycles. The van der Waals surface area contributed by atoms with Crippen LogP contribution in [-0.2, 0) is 17.8 Å². The molecular formula is C19H18ClN3O4. The summed E-state index contributed by atoms with van der Waals surface area (Å²) in [4.78, 5) is 33.4. The van der Waals surface area contributed by atoms with Gasteiger partial charge in [0.15, 0.2) is 6.61 Å². The Bertz CT molecular complexity index is 1100. The van der Waals surface area contributed by atoms with Crippen LogP contribution >= 0.6 is 11.6 Å². The van der Waals surface area contributed by atoms with E-state index in [1.807, 2.05) is 6.92 Å². The summed E-state index contributed by atoms with van der Waals surface area (Å²) in [5.74, 6) is 0.163. The maximum atomic E-state index is 12.5. The van der Waals surface area contributed by atoms with Gasteiger partial charge < -0.3 is 19.0 Å². The second kappa shape index (κ2) is 6.74. The molecule has 1 aliphatic heterocycles. The van der Waals surface area contributed by atoms with Gasteiger partial charge >= 0.3 is 5.63 Å². The SMILES string of the molecule is Cc1c(C)c2cc(Cl)c(OCC(=O)N3CCc4nc[nH]c4C3)cc2oc1=O. The highest BCUT2D eigenvalue weighted by atomic mass is 35.5. The van der Waals surface area contributed by atoms with Crippen LogP contribution in [0.25, 0.3) is 11.0 Å². The van der Waals surface area contributed by atoms with E-state index >= 15 is 0 Å². The lowest BCUT2D eigenvalue weighted by Gasteiger charge is -2.26. The van der Waals surface area contributed by atoms with Crippen molar-refractivity contribution in [2.45, 2.75) is 26.8 Å². The van der Waals surface area contributed by atoms with Gasteiger partial charge in [0.1, 0.15) is 11.3 Å². The molecule has 0 atom stereocenters. The van der Waals surface area contributed by atoms with Crippen molar-refractivity contribution in [1.82, 2.24) is 14.9 Å². The maximum absolute atomic E-state index is 12.5. The first-order chi connectivity index (χ1) is 12.9. The summed E-state index contributed by atoms with van der Waals surface area (Å²) >= 11 is 6.31. The zero-order valence-corrected chi connectivity index (χ0v) is 15.7. The number of halogens is 1. The normalized spacial score (nSPS) is 13.7. The minimum atomic E-state index is -0.395. The van der Waals surface area contributed by atoms with E-state index in [0.29, 0.717) is 41.4 Å². The molecule has 1 aromatic carbocycles. The molecular weight excluding hydrogens is 370 g/mol. The van der Waals surface area contributed by atoms with E-state index in [0.717, 1.165) is 22.3 Å². The van der Waals surface area contributed by atoms with Crippen molar-refractivity contribution in [3.63, 3.8) is 0 Å². The quantitative estimate of drug-likeness (QED) is 0.698. The molecule has 0 saturated carbocycles. The van der Waals surface area contributed by atoms with E-state index in [-0.39, 0.29) is 12.5 Å². The zero-order chi connectivity index (χ0) is 19.1. The molecule has 0 saturated heterocycles. The topological polar surface area (TPSA) is 88.4 Å². The number of rotatable bonds is 3. The van der Waals surface area contributed by atoms with Crippen LogP contribution in [0.2, 0.25) is 5.02 Å². The lowest BCUT2D eigenvalue weighted by Crippen LogP contribution is -2.38. The van der Waals surface area contributed by atoms with Crippen LogP contribution in [0.4, 0.5) is 0 Å². The minimum Gasteiger partial charge on any atom is -0.482 e. The van der Waals surface area contributed by atoms with E-state index in [1.165, 1.54) is 0 Å². The minimum absolute atomic E-state index is 0.145. The van der Waals surface area contributed by atoms with Crippen molar-refractivity contribution in [2.24, 2.45) is 0 Å². The number of nitrogens with one attached hydrogen (secondary N) is 1. The Morgan fingerprint density at radius 3 is 3.00 bits per heavy atom. The first-order valence-corrected chi connectivity index (χ1v) is 8.97. The number of carbonyl (C=O) groups excluding carboxylic acids is 1. The second-order valence-electron chi connectivity index (χ2n) is 6.60. The average Bonchev–Trinajstić information content (AvgIpc) is 3.13. The van der Waals surface area contributed by atoms with Crippen molar-refractivity contribution in [3.8, 4) is 5.75 Å². The second-order valence-corrected chi connectivity index (χ2v) is 7.01. The van der Waals surface area contributed by atoms with E-state index in [2.05, 4.69) is 9.97 Å². The largest absolute Gasteiger partial charge is 0.482 e. The summed E-state index contributed by atoms with van der Waals surface area (Å²) in [5, 5.41) is 1.11. The monoisotopic (exact) mass is 387 g/mol. The third-order valence-corrected chi connectivity index (χ3v) is 5.28. The van der Waals surface area contributed by atoms with Gasteiger partial charge in [-0.05, 0) is 25.5 Å². The first-order valence-electron chi connectivity index (χ1n) is 8.59. The summed E-state index contributed by atoms with van der Waals surface area (Å²) in [5.41, 5.74) is 3.30. The standard InChI is InChI=1S/C19H18ClN3O4/c1-10-11(2)19(25)27-16-6-17(13(20)5-12(10)16)26-8-18(24)23-4-3-14-15(7-23)22-9-21-14/h5-6,9H,3-4,7-8H2,1-2H3,(H,21,22). The van der Waals surface area contributed by atoms with Crippen LogP contribution in [0.15, 0.2) is 27.7 Å². The number of H-pyrrole nitrogens is 1. The molecule has 0 fully saturated rings. The van der Waals surface area contributed by atoms with Crippen LogP contribution < -0.4 is 10.4 Å². The lowest BCUT2D eigenvalue weighted by molar-refractivity contribution is -0.134. The number of ether oxygens (including phenoxy) is 1. The molecule has 7 nitrogen and oxygen atoms in total. The Balaban J connectivity index is 1.52. The highest BCUT2D eigenvalue weighted by Crippen LogP contribution is 2.31. The summed E-state index contributed by atoms with van der Waals surface area (Å²) in [6.07, 6.45) is 2.35. The number of nitrogens with zero attached hydrogens (tertiary/aromatic N) is 2. The van der Waals surface area contributed by atoms with E-state index in [9.17, 15) is 9.59 Å². The number of imidazole rings is 1. The smallest absolute Gasteiger partial charge is 0.339 e. The van der Waals surface area contributed by atoms with Crippen LogP contribution in [0.5, 0.6) is 5.75 Å². The third-order valence-electron chi connectivity index (χ3n) is 4.99. The van der Waals surface area contributed by atoms with Crippen LogP contribution in [0.3, 0.4) is 0 Å². The van der Waals surface area contributed by atoms with Gasteiger partial charge in [-0.25, -0.2) is 9.78 Å². The first kappa shape index (κ1) is 17.6. The Kier molecular flexibility index (Phi) is 4.39. The molecule has 1 N–H and O–H groups in total. The van der Waals surface area contributed by atoms with E-state index < -0.39 is 5.63 Å². The molecule has 0 bridgehead atoms. The van der Waals surface area contributed by atoms with Crippen molar-refractivity contribution < 1.29 is 13.9 Å². The van der Waals surface area contributed by atoms with Crippen molar-refractivity contribution in [1.29, 1.82) is 0 Å². The fourth-order valence-electron chi connectivity index (χ4n) is 3.21. The number of benzene rings is 1. The van der Waals surface area contributed by atoms with Gasteiger partial charge in [-0.2, -0.15) is 0 Å². The van der Waals surface area contributed by atoms with Gasteiger partial charge in [-0.3, -0.25) is 4.79 Å². The van der Waals surface area contributed by atoms with Gasteiger partial charge in [-0.15, -0.1) is 0 Å². The predicted octanol–water partition coefficient (Wildman–Crippen LogP) is 2.75. The van der Waals surface area contributed by atoms with Crippen molar-refractivity contribution in [2.75, 3.05) is 13.2 Å². The van der Waals surface area contributed by atoms with Crippen LogP contribution in [0.1, 0.15) is 22.5 Å². The molecule has 3 aromatic rings.